The summed E-state index contributed by atoms with van der Waals surface area (Å²) in [4.78, 5) is 0. The lowest BCUT2D eigenvalue weighted by Crippen LogP contribution is -2.22. The Morgan fingerprint density at radius 3 is 2.60 bits per heavy atom. The van der Waals surface area contributed by atoms with E-state index in [0.717, 1.165) is 6.07 Å². The summed E-state index contributed by atoms with van der Waals surface area (Å²) in [7, 11) is 0. The van der Waals surface area contributed by atoms with E-state index in [9.17, 15) is 22.7 Å². The van der Waals surface area contributed by atoms with E-state index in [2.05, 4.69) is 0 Å². The van der Waals surface area contributed by atoms with Crippen molar-refractivity contribution >= 4 is 0 Å². The van der Waals surface area contributed by atoms with Gasteiger partial charge in [-0.1, -0.05) is 18.2 Å². The topological polar surface area (TPSA) is 20.2 Å². The van der Waals surface area contributed by atoms with Gasteiger partial charge in [-0.05, 0) is 11.1 Å². The number of hydrogen-bond acceptors (Lipinski definition) is 1. The Labute approximate surface area is 83.3 Å². The summed E-state index contributed by atoms with van der Waals surface area (Å²) < 4.78 is 51.1. The SMILES string of the molecule is OC1c2c(cccc2C(F)F)CC1(F)F. The molecule has 1 atom stereocenters. The van der Waals surface area contributed by atoms with Crippen LogP contribution in [0.15, 0.2) is 18.2 Å². The van der Waals surface area contributed by atoms with Crippen LogP contribution in [0.4, 0.5) is 17.6 Å². The summed E-state index contributed by atoms with van der Waals surface area (Å²) in [5.74, 6) is -3.34. The van der Waals surface area contributed by atoms with Crippen molar-refractivity contribution in [2.24, 2.45) is 0 Å². The van der Waals surface area contributed by atoms with Gasteiger partial charge in [-0.25, -0.2) is 17.6 Å². The Balaban J connectivity index is 2.56. The Hall–Kier alpha value is -1.10. The quantitative estimate of drug-likeness (QED) is 0.721. The van der Waals surface area contributed by atoms with E-state index in [1.54, 1.807) is 0 Å². The first kappa shape index (κ1) is 10.4. The van der Waals surface area contributed by atoms with Gasteiger partial charge in [0.2, 0.25) is 0 Å². The Morgan fingerprint density at radius 1 is 1.33 bits per heavy atom. The van der Waals surface area contributed by atoms with Gasteiger partial charge in [0.05, 0.1) is 0 Å². The molecule has 1 aliphatic rings. The fourth-order valence-electron chi connectivity index (χ4n) is 1.87. The molecule has 0 heterocycles. The van der Waals surface area contributed by atoms with Gasteiger partial charge in [0.25, 0.3) is 12.3 Å². The third-order valence-electron chi connectivity index (χ3n) is 2.56. The van der Waals surface area contributed by atoms with E-state index in [0.29, 0.717) is 0 Å². The molecule has 0 fully saturated rings. The number of rotatable bonds is 1. The number of aliphatic hydroxyl groups excluding tert-OH is 1. The molecule has 0 spiro atoms. The number of fused-ring (bicyclic) bond motifs is 1. The van der Waals surface area contributed by atoms with E-state index in [1.807, 2.05) is 0 Å². The molecule has 15 heavy (non-hydrogen) atoms. The van der Waals surface area contributed by atoms with Crippen molar-refractivity contribution in [1.82, 2.24) is 0 Å². The summed E-state index contributed by atoms with van der Waals surface area (Å²) in [6.45, 7) is 0. The molecule has 1 aliphatic carbocycles. The first-order valence-electron chi connectivity index (χ1n) is 4.39. The molecule has 1 nitrogen and oxygen atoms in total. The molecule has 0 amide bonds. The lowest BCUT2D eigenvalue weighted by Gasteiger charge is -2.15. The largest absolute Gasteiger partial charge is 0.382 e. The van der Waals surface area contributed by atoms with E-state index >= 15 is 0 Å². The van der Waals surface area contributed by atoms with Gasteiger partial charge in [-0.15, -0.1) is 0 Å². The maximum Gasteiger partial charge on any atom is 0.281 e. The fourth-order valence-corrected chi connectivity index (χ4v) is 1.87. The molecule has 2 rings (SSSR count). The first-order chi connectivity index (χ1) is 6.93. The zero-order valence-corrected chi connectivity index (χ0v) is 7.55. The van der Waals surface area contributed by atoms with Crippen LogP contribution in [0, 0.1) is 0 Å². The van der Waals surface area contributed by atoms with Crippen LogP contribution in [0.1, 0.15) is 29.2 Å². The predicted molar refractivity (Wildman–Crippen MR) is 45.0 cm³/mol. The maximum absolute atomic E-state index is 13.1. The molecular formula is C10H8F4O. The maximum atomic E-state index is 13.1. The van der Waals surface area contributed by atoms with Crippen LogP contribution in [-0.4, -0.2) is 11.0 Å². The highest BCUT2D eigenvalue weighted by molar-refractivity contribution is 5.43. The second kappa shape index (κ2) is 3.20. The van der Waals surface area contributed by atoms with E-state index in [1.165, 1.54) is 12.1 Å². The molecule has 1 aromatic rings. The summed E-state index contributed by atoms with van der Waals surface area (Å²) >= 11 is 0. The number of halogens is 4. The van der Waals surface area contributed by atoms with Gasteiger partial charge in [0.15, 0.2) is 0 Å². The van der Waals surface area contributed by atoms with E-state index in [4.69, 9.17) is 0 Å². The van der Waals surface area contributed by atoms with Gasteiger partial charge < -0.3 is 5.11 Å². The molecule has 82 valence electrons. The zero-order valence-electron chi connectivity index (χ0n) is 7.55. The second-order valence-corrected chi connectivity index (χ2v) is 3.56. The molecular weight excluding hydrogens is 212 g/mol. The summed E-state index contributed by atoms with van der Waals surface area (Å²) in [5, 5.41) is 9.26. The first-order valence-corrected chi connectivity index (χ1v) is 4.39. The van der Waals surface area contributed by atoms with E-state index in [-0.39, 0.29) is 11.1 Å². The molecule has 0 saturated carbocycles. The normalized spacial score (nSPS) is 23.2. The molecule has 0 aliphatic heterocycles. The molecule has 0 bridgehead atoms. The second-order valence-electron chi connectivity index (χ2n) is 3.56. The number of aliphatic hydroxyl groups is 1. The van der Waals surface area contributed by atoms with Crippen LogP contribution in [-0.2, 0) is 6.42 Å². The van der Waals surface area contributed by atoms with Gasteiger partial charge in [0.1, 0.15) is 6.10 Å². The van der Waals surface area contributed by atoms with Crippen molar-refractivity contribution in [3.63, 3.8) is 0 Å². The summed E-state index contributed by atoms with van der Waals surface area (Å²) in [6, 6.07) is 3.70. The minimum absolute atomic E-state index is 0.102. The number of hydrogen-bond donors (Lipinski definition) is 1. The lowest BCUT2D eigenvalue weighted by atomic mass is 10.0. The van der Waals surface area contributed by atoms with Crippen LogP contribution < -0.4 is 0 Å². The molecule has 0 aromatic heterocycles. The Bertz CT molecular complexity index is 389. The lowest BCUT2D eigenvalue weighted by molar-refractivity contribution is -0.0975. The average Bonchev–Trinajstić information content (AvgIpc) is 2.37. The minimum atomic E-state index is -3.34. The van der Waals surface area contributed by atoms with Crippen LogP contribution >= 0.6 is 0 Å². The van der Waals surface area contributed by atoms with Gasteiger partial charge in [0, 0.05) is 12.0 Å². The molecule has 5 heteroatoms. The summed E-state index contributed by atoms with van der Waals surface area (Å²) in [6.07, 6.45) is -5.63. The highest BCUT2D eigenvalue weighted by Crippen LogP contribution is 2.46. The molecule has 1 aromatic carbocycles. The summed E-state index contributed by atoms with van der Waals surface area (Å²) in [5.41, 5.74) is -0.708. The predicted octanol–water partition coefficient (Wildman–Crippen LogP) is 2.85. The van der Waals surface area contributed by atoms with Crippen LogP contribution in [0.25, 0.3) is 0 Å². The number of alkyl halides is 4. The van der Waals surface area contributed by atoms with Crippen molar-refractivity contribution in [3.8, 4) is 0 Å². The average molecular weight is 220 g/mol. The van der Waals surface area contributed by atoms with Gasteiger partial charge in [-0.3, -0.25) is 0 Å². The van der Waals surface area contributed by atoms with Crippen LogP contribution in [0.5, 0.6) is 0 Å². The minimum Gasteiger partial charge on any atom is -0.382 e. The third-order valence-corrected chi connectivity index (χ3v) is 2.56. The highest BCUT2D eigenvalue weighted by atomic mass is 19.3. The Morgan fingerprint density at radius 2 is 2.00 bits per heavy atom. The van der Waals surface area contributed by atoms with E-state index < -0.39 is 30.4 Å². The van der Waals surface area contributed by atoms with Gasteiger partial charge in [-0.2, -0.15) is 0 Å². The van der Waals surface area contributed by atoms with Gasteiger partial charge >= 0.3 is 0 Å². The molecule has 0 saturated heterocycles. The van der Waals surface area contributed by atoms with Crippen molar-refractivity contribution in [2.75, 3.05) is 0 Å². The van der Waals surface area contributed by atoms with Crippen LogP contribution in [0.2, 0.25) is 0 Å². The standard InChI is InChI=1S/C10H8F4O/c11-9(12)6-3-1-2-5-4-10(13,14)8(15)7(5)6/h1-3,8-9,15H,4H2. The van der Waals surface area contributed by atoms with Crippen molar-refractivity contribution in [1.29, 1.82) is 0 Å². The highest BCUT2D eigenvalue weighted by Gasteiger charge is 2.48. The van der Waals surface area contributed by atoms with Crippen molar-refractivity contribution < 1.29 is 22.7 Å². The fraction of sp³-hybridized carbons (Fsp3) is 0.400. The zero-order chi connectivity index (χ0) is 11.2. The molecule has 0 radical (unpaired) electrons. The van der Waals surface area contributed by atoms with Crippen molar-refractivity contribution in [3.05, 3.63) is 34.9 Å². The van der Waals surface area contributed by atoms with Crippen molar-refractivity contribution in [2.45, 2.75) is 24.9 Å². The monoisotopic (exact) mass is 220 g/mol. The number of benzene rings is 1. The smallest absolute Gasteiger partial charge is 0.281 e. The van der Waals surface area contributed by atoms with Crippen LogP contribution in [0.3, 0.4) is 0 Å². The molecule has 1 unspecified atom stereocenters. The third kappa shape index (κ3) is 1.51. The molecule has 1 N–H and O–H groups in total. The Kier molecular flexibility index (Phi) is 2.22.